The van der Waals surface area contributed by atoms with Gasteiger partial charge in [0.1, 0.15) is 18.1 Å². The molecule has 0 aliphatic heterocycles. The molecule has 0 aromatic heterocycles. The van der Waals surface area contributed by atoms with Gasteiger partial charge in [0, 0.05) is 5.57 Å². The molecule has 32 heavy (non-hydrogen) atoms. The van der Waals surface area contributed by atoms with E-state index in [0.29, 0.717) is 18.7 Å². The molecule has 1 N–H and O–H groups in total. The third kappa shape index (κ3) is 6.24. The minimum atomic E-state index is -0.139. The summed E-state index contributed by atoms with van der Waals surface area (Å²) in [4.78, 5) is 13.0. The van der Waals surface area contributed by atoms with E-state index in [4.69, 9.17) is 9.47 Å². The average Bonchev–Trinajstić information content (AvgIpc) is 2.80. The zero-order chi connectivity index (χ0) is 23.0. The molecular formula is C28H31NO3. The number of amides is 1. The Morgan fingerprint density at radius 2 is 1.56 bits per heavy atom. The summed E-state index contributed by atoms with van der Waals surface area (Å²) in [6, 6.07) is 25.3. The highest BCUT2D eigenvalue weighted by Gasteiger charge is 2.18. The molecule has 3 aromatic carbocycles. The van der Waals surface area contributed by atoms with Gasteiger partial charge in [0.05, 0.1) is 13.7 Å². The second kappa shape index (κ2) is 10.7. The molecule has 4 nitrogen and oxygen atoms in total. The Labute approximate surface area is 190 Å². The number of para-hydroxylation sites is 1. The first-order valence-corrected chi connectivity index (χ1v) is 10.8. The van der Waals surface area contributed by atoms with Gasteiger partial charge in [-0.1, -0.05) is 81.4 Å². The van der Waals surface area contributed by atoms with Crippen molar-refractivity contribution in [1.29, 1.82) is 0 Å². The lowest BCUT2D eigenvalue weighted by molar-refractivity contribution is -0.115. The van der Waals surface area contributed by atoms with E-state index in [1.54, 1.807) is 7.11 Å². The van der Waals surface area contributed by atoms with Crippen molar-refractivity contribution >= 4 is 17.6 Å². The largest absolute Gasteiger partial charge is 0.497 e. The van der Waals surface area contributed by atoms with Gasteiger partial charge < -0.3 is 14.8 Å². The molecule has 4 heteroatoms. The number of carbonyl (C=O) groups is 1. The van der Waals surface area contributed by atoms with Gasteiger partial charge in [0.15, 0.2) is 0 Å². The Bertz CT molecular complexity index is 1050. The molecule has 0 aliphatic rings. The lowest BCUT2D eigenvalue weighted by atomic mass is 9.86. The molecule has 1 amide bonds. The maximum atomic E-state index is 13.0. The van der Waals surface area contributed by atoms with Crippen molar-refractivity contribution in [3.8, 4) is 11.5 Å². The van der Waals surface area contributed by atoms with Crippen molar-refractivity contribution in [1.82, 2.24) is 5.32 Å². The molecule has 0 spiro atoms. The van der Waals surface area contributed by atoms with Crippen LogP contribution in [-0.4, -0.2) is 26.2 Å². The zero-order valence-electron chi connectivity index (χ0n) is 19.2. The molecular weight excluding hydrogens is 398 g/mol. The van der Waals surface area contributed by atoms with Crippen molar-refractivity contribution in [3.63, 3.8) is 0 Å². The predicted molar refractivity (Wildman–Crippen MR) is 131 cm³/mol. The average molecular weight is 430 g/mol. The van der Waals surface area contributed by atoms with Crippen molar-refractivity contribution in [3.05, 3.63) is 95.6 Å². The molecule has 0 heterocycles. The van der Waals surface area contributed by atoms with E-state index < -0.39 is 0 Å². The second-order valence-corrected chi connectivity index (χ2v) is 8.55. The predicted octanol–water partition coefficient (Wildman–Crippen LogP) is 5.73. The highest BCUT2D eigenvalue weighted by atomic mass is 16.5. The van der Waals surface area contributed by atoms with E-state index in [9.17, 15) is 4.79 Å². The molecule has 0 radical (unpaired) electrons. The van der Waals surface area contributed by atoms with Crippen LogP contribution in [0.5, 0.6) is 11.5 Å². The van der Waals surface area contributed by atoms with Gasteiger partial charge in [-0.15, -0.1) is 0 Å². The van der Waals surface area contributed by atoms with Crippen LogP contribution in [0.4, 0.5) is 0 Å². The SMILES string of the molecule is COc1ccc(/C=C(/C(=O)NCCOc2ccccc2C(C)(C)C)c2ccccc2)cc1. The summed E-state index contributed by atoms with van der Waals surface area (Å²) >= 11 is 0. The van der Waals surface area contributed by atoms with Gasteiger partial charge in [0.25, 0.3) is 5.91 Å². The number of hydrogen-bond acceptors (Lipinski definition) is 3. The van der Waals surface area contributed by atoms with Gasteiger partial charge in [0.2, 0.25) is 0 Å². The van der Waals surface area contributed by atoms with Crippen LogP contribution in [0.1, 0.15) is 37.5 Å². The number of benzene rings is 3. The summed E-state index contributed by atoms with van der Waals surface area (Å²) in [5.74, 6) is 1.49. The normalized spacial score (nSPS) is 11.7. The van der Waals surface area contributed by atoms with Crippen LogP contribution >= 0.6 is 0 Å². The van der Waals surface area contributed by atoms with E-state index in [0.717, 1.165) is 28.2 Å². The standard InChI is InChI=1S/C28H31NO3/c1-28(2,3)25-12-8-9-13-26(25)32-19-18-29-27(30)24(22-10-6-5-7-11-22)20-21-14-16-23(31-4)17-15-21/h5-17,20H,18-19H2,1-4H3,(H,29,30)/b24-20+. The molecule has 0 bridgehead atoms. The summed E-state index contributed by atoms with van der Waals surface area (Å²) in [5, 5.41) is 3.00. The Balaban J connectivity index is 1.69. The quantitative estimate of drug-likeness (QED) is 0.283. The van der Waals surface area contributed by atoms with Crippen LogP contribution < -0.4 is 14.8 Å². The maximum Gasteiger partial charge on any atom is 0.252 e. The van der Waals surface area contributed by atoms with Gasteiger partial charge >= 0.3 is 0 Å². The topological polar surface area (TPSA) is 47.6 Å². The lowest BCUT2D eigenvalue weighted by Crippen LogP contribution is -2.29. The second-order valence-electron chi connectivity index (χ2n) is 8.55. The Morgan fingerprint density at radius 1 is 0.906 bits per heavy atom. The first-order valence-electron chi connectivity index (χ1n) is 10.8. The van der Waals surface area contributed by atoms with Crippen LogP contribution in [0.25, 0.3) is 11.6 Å². The lowest BCUT2D eigenvalue weighted by Gasteiger charge is -2.22. The fraction of sp³-hybridized carbons (Fsp3) is 0.250. The Hall–Kier alpha value is -3.53. The number of nitrogens with one attached hydrogen (secondary N) is 1. The third-order valence-electron chi connectivity index (χ3n) is 5.10. The maximum absolute atomic E-state index is 13.0. The fourth-order valence-corrected chi connectivity index (χ4v) is 3.40. The molecule has 0 fully saturated rings. The highest BCUT2D eigenvalue weighted by Crippen LogP contribution is 2.30. The molecule has 166 valence electrons. The van der Waals surface area contributed by atoms with Gasteiger partial charge in [-0.25, -0.2) is 0 Å². The Morgan fingerprint density at radius 3 is 2.22 bits per heavy atom. The first kappa shape index (κ1) is 23.1. The van der Waals surface area contributed by atoms with E-state index in [1.807, 2.05) is 78.9 Å². The van der Waals surface area contributed by atoms with E-state index in [-0.39, 0.29) is 11.3 Å². The van der Waals surface area contributed by atoms with Crippen molar-refractivity contribution in [2.24, 2.45) is 0 Å². The number of methoxy groups -OCH3 is 1. The summed E-state index contributed by atoms with van der Waals surface area (Å²) in [7, 11) is 1.63. The molecule has 0 unspecified atom stereocenters. The van der Waals surface area contributed by atoms with Gasteiger partial charge in [-0.3, -0.25) is 4.79 Å². The number of ether oxygens (including phenoxy) is 2. The highest BCUT2D eigenvalue weighted by molar-refractivity contribution is 6.24. The first-order chi connectivity index (χ1) is 15.4. The monoisotopic (exact) mass is 429 g/mol. The van der Waals surface area contributed by atoms with E-state index in [1.165, 1.54) is 0 Å². The van der Waals surface area contributed by atoms with Crippen molar-refractivity contribution < 1.29 is 14.3 Å². The number of hydrogen-bond donors (Lipinski definition) is 1. The van der Waals surface area contributed by atoms with Crippen molar-refractivity contribution in [2.45, 2.75) is 26.2 Å². The molecule has 0 aliphatic carbocycles. The molecule has 0 saturated carbocycles. The van der Waals surface area contributed by atoms with E-state index in [2.05, 4.69) is 32.2 Å². The molecule has 3 rings (SSSR count). The van der Waals surface area contributed by atoms with E-state index >= 15 is 0 Å². The number of carbonyl (C=O) groups excluding carboxylic acids is 1. The molecule has 3 aromatic rings. The minimum Gasteiger partial charge on any atom is -0.497 e. The van der Waals surface area contributed by atoms with Crippen LogP contribution in [0, 0.1) is 0 Å². The van der Waals surface area contributed by atoms with Crippen molar-refractivity contribution in [2.75, 3.05) is 20.3 Å². The fourth-order valence-electron chi connectivity index (χ4n) is 3.40. The van der Waals surface area contributed by atoms with Crippen LogP contribution in [0.2, 0.25) is 0 Å². The smallest absolute Gasteiger partial charge is 0.252 e. The summed E-state index contributed by atoms with van der Waals surface area (Å²) < 4.78 is 11.2. The van der Waals surface area contributed by atoms with Gasteiger partial charge in [-0.2, -0.15) is 0 Å². The van der Waals surface area contributed by atoms with Crippen LogP contribution in [0.15, 0.2) is 78.9 Å². The number of rotatable bonds is 8. The molecule has 0 saturated heterocycles. The minimum absolute atomic E-state index is 0.0125. The van der Waals surface area contributed by atoms with Crippen LogP contribution in [-0.2, 0) is 10.2 Å². The molecule has 0 atom stereocenters. The summed E-state index contributed by atoms with van der Waals surface area (Å²) in [6.07, 6.45) is 1.89. The summed E-state index contributed by atoms with van der Waals surface area (Å²) in [5.41, 5.74) is 3.53. The summed E-state index contributed by atoms with van der Waals surface area (Å²) in [6.45, 7) is 7.28. The Kier molecular flexibility index (Phi) is 7.72. The van der Waals surface area contributed by atoms with Crippen LogP contribution in [0.3, 0.4) is 0 Å². The zero-order valence-corrected chi connectivity index (χ0v) is 19.2. The third-order valence-corrected chi connectivity index (χ3v) is 5.10. The van der Waals surface area contributed by atoms with Gasteiger partial charge in [-0.05, 0) is 46.4 Å².